The zero-order valence-electron chi connectivity index (χ0n) is 15.3. The second kappa shape index (κ2) is 7.88. The molecule has 7 heteroatoms. The SMILES string of the molecule is O=C(c1cn(Cc2ccccc2F)nn1)N1CCCC[C@H]1c1ccc(F)cc1. The van der Waals surface area contributed by atoms with Gasteiger partial charge in [0.15, 0.2) is 5.69 Å². The van der Waals surface area contributed by atoms with Gasteiger partial charge < -0.3 is 4.90 Å². The molecule has 1 fully saturated rings. The molecule has 2 aromatic carbocycles. The molecule has 1 aliphatic rings. The van der Waals surface area contributed by atoms with E-state index in [0.717, 1.165) is 24.8 Å². The van der Waals surface area contributed by atoms with Gasteiger partial charge in [-0.05, 0) is 43.0 Å². The van der Waals surface area contributed by atoms with Crippen LogP contribution in [0.4, 0.5) is 8.78 Å². The molecule has 0 aliphatic carbocycles. The monoisotopic (exact) mass is 382 g/mol. The third-order valence-corrected chi connectivity index (χ3v) is 5.07. The van der Waals surface area contributed by atoms with Gasteiger partial charge in [0, 0.05) is 12.1 Å². The van der Waals surface area contributed by atoms with Crippen molar-refractivity contribution in [3.63, 3.8) is 0 Å². The van der Waals surface area contributed by atoms with Gasteiger partial charge in [0.25, 0.3) is 5.91 Å². The highest BCUT2D eigenvalue weighted by atomic mass is 19.1. The maximum absolute atomic E-state index is 13.8. The number of carbonyl (C=O) groups is 1. The van der Waals surface area contributed by atoms with E-state index in [2.05, 4.69) is 10.3 Å². The van der Waals surface area contributed by atoms with Crippen LogP contribution in [0, 0.1) is 11.6 Å². The molecule has 28 heavy (non-hydrogen) atoms. The maximum atomic E-state index is 13.8. The first-order valence-corrected chi connectivity index (χ1v) is 9.32. The fraction of sp³-hybridized carbons (Fsp3) is 0.286. The lowest BCUT2D eigenvalue weighted by Gasteiger charge is -2.35. The number of benzene rings is 2. The van der Waals surface area contributed by atoms with Gasteiger partial charge >= 0.3 is 0 Å². The topological polar surface area (TPSA) is 51.0 Å². The van der Waals surface area contributed by atoms with E-state index in [1.54, 1.807) is 41.4 Å². The maximum Gasteiger partial charge on any atom is 0.276 e. The van der Waals surface area contributed by atoms with Crippen molar-refractivity contribution in [3.8, 4) is 0 Å². The number of hydrogen-bond donors (Lipinski definition) is 0. The average molecular weight is 382 g/mol. The fourth-order valence-electron chi connectivity index (χ4n) is 3.63. The second-order valence-corrected chi connectivity index (χ2v) is 6.95. The fourth-order valence-corrected chi connectivity index (χ4v) is 3.63. The number of hydrogen-bond acceptors (Lipinski definition) is 3. The van der Waals surface area contributed by atoms with Crippen LogP contribution in [0.5, 0.6) is 0 Å². The van der Waals surface area contributed by atoms with Gasteiger partial charge in [0.1, 0.15) is 11.6 Å². The summed E-state index contributed by atoms with van der Waals surface area (Å²) in [5, 5.41) is 7.98. The Hall–Kier alpha value is -3.09. The van der Waals surface area contributed by atoms with E-state index in [-0.39, 0.29) is 35.8 Å². The van der Waals surface area contributed by atoms with Crippen LogP contribution in [0.25, 0.3) is 0 Å². The van der Waals surface area contributed by atoms with Crippen LogP contribution in [0.15, 0.2) is 54.7 Å². The van der Waals surface area contributed by atoms with E-state index in [0.29, 0.717) is 12.1 Å². The lowest BCUT2D eigenvalue weighted by molar-refractivity contribution is 0.0605. The van der Waals surface area contributed by atoms with Crippen molar-refractivity contribution in [2.75, 3.05) is 6.54 Å². The van der Waals surface area contributed by atoms with Crippen LogP contribution in [-0.4, -0.2) is 32.3 Å². The van der Waals surface area contributed by atoms with Crippen molar-refractivity contribution in [3.05, 3.63) is 83.2 Å². The predicted molar refractivity (Wildman–Crippen MR) is 99.6 cm³/mol. The highest BCUT2D eigenvalue weighted by Gasteiger charge is 2.30. The van der Waals surface area contributed by atoms with Crippen molar-refractivity contribution < 1.29 is 13.6 Å². The Morgan fingerprint density at radius 1 is 1.07 bits per heavy atom. The zero-order valence-corrected chi connectivity index (χ0v) is 15.3. The molecule has 3 aromatic rings. The summed E-state index contributed by atoms with van der Waals surface area (Å²) in [7, 11) is 0. The molecular formula is C21H20F2N4O. The minimum absolute atomic E-state index is 0.112. The predicted octanol–water partition coefficient (Wildman–Crippen LogP) is 3.97. The number of carbonyl (C=O) groups excluding carboxylic acids is 1. The van der Waals surface area contributed by atoms with Crippen LogP contribution in [-0.2, 0) is 6.54 Å². The summed E-state index contributed by atoms with van der Waals surface area (Å²) in [4.78, 5) is 14.8. The third kappa shape index (κ3) is 3.78. The first kappa shape index (κ1) is 18.3. The number of halogens is 2. The molecule has 0 unspecified atom stereocenters. The van der Waals surface area contributed by atoms with Gasteiger partial charge in [-0.1, -0.05) is 35.5 Å². The Morgan fingerprint density at radius 2 is 1.86 bits per heavy atom. The number of aromatic nitrogens is 3. The second-order valence-electron chi connectivity index (χ2n) is 6.95. The molecule has 1 aliphatic heterocycles. The first-order valence-electron chi connectivity index (χ1n) is 9.32. The zero-order chi connectivity index (χ0) is 19.5. The van der Waals surface area contributed by atoms with Crippen LogP contribution >= 0.6 is 0 Å². The summed E-state index contributed by atoms with van der Waals surface area (Å²) < 4.78 is 28.6. The summed E-state index contributed by atoms with van der Waals surface area (Å²) in [5.41, 5.74) is 1.62. The first-order chi connectivity index (χ1) is 13.6. The third-order valence-electron chi connectivity index (χ3n) is 5.07. The Kier molecular flexibility index (Phi) is 5.14. The Bertz CT molecular complexity index is 971. The minimum Gasteiger partial charge on any atom is -0.330 e. The summed E-state index contributed by atoms with van der Waals surface area (Å²) in [5.74, 6) is -0.833. The van der Waals surface area contributed by atoms with E-state index in [9.17, 15) is 13.6 Å². The molecule has 0 N–H and O–H groups in total. The van der Waals surface area contributed by atoms with Gasteiger partial charge in [-0.15, -0.1) is 5.10 Å². The summed E-state index contributed by atoms with van der Waals surface area (Å²) in [6.45, 7) is 0.815. The van der Waals surface area contributed by atoms with E-state index in [1.807, 2.05) is 0 Å². The summed E-state index contributed by atoms with van der Waals surface area (Å²) >= 11 is 0. The van der Waals surface area contributed by atoms with Crippen molar-refractivity contribution in [2.45, 2.75) is 31.8 Å². The molecule has 5 nitrogen and oxygen atoms in total. The molecule has 0 bridgehead atoms. The smallest absolute Gasteiger partial charge is 0.276 e. The lowest BCUT2D eigenvalue weighted by Crippen LogP contribution is -2.38. The van der Waals surface area contributed by atoms with E-state index < -0.39 is 0 Å². The molecule has 2 heterocycles. The Labute approximate surface area is 161 Å². The van der Waals surface area contributed by atoms with Crippen molar-refractivity contribution in [1.82, 2.24) is 19.9 Å². The largest absolute Gasteiger partial charge is 0.330 e. The minimum atomic E-state index is -0.321. The van der Waals surface area contributed by atoms with Gasteiger partial charge in [0.05, 0.1) is 18.8 Å². The summed E-state index contributed by atoms with van der Waals surface area (Å²) in [6, 6.07) is 12.6. The van der Waals surface area contributed by atoms with Crippen LogP contribution in [0.3, 0.4) is 0 Å². The molecule has 1 amide bonds. The van der Waals surface area contributed by atoms with E-state index in [4.69, 9.17) is 0 Å². The van der Waals surface area contributed by atoms with Crippen molar-refractivity contribution in [2.24, 2.45) is 0 Å². The van der Waals surface area contributed by atoms with Gasteiger partial charge in [-0.3, -0.25) is 4.79 Å². The number of likely N-dealkylation sites (tertiary alicyclic amines) is 1. The molecule has 1 atom stereocenters. The standard InChI is InChI=1S/C21H20F2N4O/c22-17-10-8-15(9-11-17)20-7-3-4-12-27(20)21(28)19-14-26(25-24-19)13-16-5-1-2-6-18(16)23/h1-2,5-6,8-11,14,20H,3-4,7,12-13H2/t20-/m0/s1. The molecule has 4 rings (SSSR count). The van der Waals surface area contributed by atoms with Crippen molar-refractivity contribution in [1.29, 1.82) is 0 Å². The number of piperidine rings is 1. The van der Waals surface area contributed by atoms with Crippen LogP contribution in [0.1, 0.15) is 46.9 Å². The summed E-state index contributed by atoms with van der Waals surface area (Å²) in [6.07, 6.45) is 4.28. The molecule has 1 aromatic heterocycles. The van der Waals surface area contributed by atoms with Crippen LogP contribution in [0.2, 0.25) is 0 Å². The van der Waals surface area contributed by atoms with Gasteiger partial charge in [-0.2, -0.15) is 0 Å². The molecule has 144 valence electrons. The highest BCUT2D eigenvalue weighted by molar-refractivity contribution is 5.92. The average Bonchev–Trinajstić information content (AvgIpc) is 3.18. The number of nitrogens with zero attached hydrogens (tertiary/aromatic N) is 4. The molecular weight excluding hydrogens is 362 g/mol. The number of rotatable bonds is 4. The Morgan fingerprint density at radius 3 is 2.64 bits per heavy atom. The number of amides is 1. The van der Waals surface area contributed by atoms with Crippen LogP contribution < -0.4 is 0 Å². The normalized spacial score (nSPS) is 16.9. The lowest BCUT2D eigenvalue weighted by atomic mass is 9.95. The van der Waals surface area contributed by atoms with Gasteiger partial charge in [0.2, 0.25) is 0 Å². The van der Waals surface area contributed by atoms with Gasteiger partial charge in [-0.25, -0.2) is 13.5 Å². The van der Waals surface area contributed by atoms with Crippen molar-refractivity contribution >= 4 is 5.91 Å². The van der Waals surface area contributed by atoms with E-state index >= 15 is 0 Å². The quantitative estimate of drug-likeness (QED) is 0.686. The van der Waals surface area contributed by atoms with E-state index in [1.165, 1.54) is 22.9 Å². The molecule has 0 radical (unpaired) electrons. The molecule has 0 spiro atoms. The Balaban J connectivity index is 1.53. The molecule has 0 saturated carbocycles. The highest BCUT2D eigenvalue weighted by Crippen LogP contribution is 2.32. The molecule has 1 saturated heterocycles.